The molecule has 0 aliphatic heterocycles. The van der Waals surface area contributed by atoms with Gasteiger partial charge in [0, 0.05) is 18.3 Å². The van der Waals surface area contributed by atoms with Crippen LogP contribution in [0.4, 0.5) is 5.82 Å². The Morgan fingerprint density at radius 1 is 1.24 bits per heavy atom. The van der Waals surface area contributed by atoms with Crippen molar-refractivity contribution >= 4 is 33.7 Å². The van der Waals surface area contributed by atoms with Crippen molar-refractivity contribution in [3.8, 4) is 0 Å². The number of anilines is 1. The molecule has 8 heteroatoms. The summed E-state index contributed by atoms with van der Waals surface area (Å²) in [6, 6.07) is 13.3. The van der Waals surface area contributed by atoms with E-state index in [-0.39, 0.29) is 5.91 Å². The van der Waals surface area contributed by atoms with E-state index >= 15 is 0 Å². The highest BCUT2D eigenvalue weighted by molar-refractivity contribution is 8.26. The first-order chi connectivity index (χ1) is 14.0. The number of hydrogen-bond acceptors (Lipinski definition) is 5. The number of amidine groups is 1. The van der Waals surface area contributed by atoms with Crippen LogP contribution in [0.3, 0.4) is 0 Å². The lowest BCUT2D eigenvalue weighted by atomic mass is 9.73. The molecular formula is C21H27N6OS+. The molecule has 5 N–H and O–H groups in total. The average molecular weight is 412 g/mol. The van der Waals surface area contributed by atoms with Gasteiger partial charge >= 0.3 is 0 Å². The summed E-state index contributed by atoms with van der Waals surface area (Å²) in [6.07, 6.45) is 3.22. The minimum absolute atomic E-state index is 0.102. The Labute approximate surface area is 175 Å². The summed E-state index contributed by atoms with van der Waals surface area (Å²) in [4.78, 5) is 16.3. The zero-order valence-electron chi connectivity index (χ0n) is 16.5. The second-order valence-electron chi connectivity index (χ2n) is 7.18. The van der Waals surface area contributed by atoms with Gasteiger partial charge in [-0.05, 0) is 49.8 Å². The van der Waals surface area contributed by atoms with Gasteiger partial charge in [-0.1, -0.05) is 30.3 Å². The lowest BCUT2D eigenvalue weighted by Gasteiger charge is -2.32. The summed E-state index contributed by atoms with van der Waals surface area (Å²) < 4.78 is 0. The van der Waals surface area contributed by atoms with Crippen LogP contribution < -0.4 is 16.5 Å². The minimum Gasteiger partial charge on any atom is -0.378 e. The summed E-state index contributed by atoms with van der Waals surface area (Å²) in [5, 5.41) is 18.7. The normalized spacial score (nSPS) is 18.7. The van der Waals surface area contributed by atoms with Gasteiger partial charge in [0.15, 0.2) is 11.0 Å². The van der Waals surface area contributed by atoms with Crippen LogP contribution in [0.15, 0.2) is 47.5 Å². The SMILES string of the molecule is CCN=C(N)SC(=[NH2+])C1CC(Cc2ccc(NC(=O)Cc3ccccc3)nn2)C1. The van der Waals surface area contributed by atoms with Gasteiger partial charge in [-0.25, -0.2) is 0 Å². The molecule has 1 aliphatic rings. The summed E-state index contributed by atoms with van der Waals surface area (Å²) in [7, 11) is 0. The fourth-order valence-electron chi connectivity index (χ4n) is 3.33. The molecular weight excluding hydrogens is 384 g/mol. The number of rotatable bonds is 7. The van der Waals surface area contributed by atoms with Crippen molar-refractivity contribution < 1.29 is 10.2 Å². The molecule has 0 saturated heterocycles. The number of hydrogen-bond donors (Lipinski definition) is 3. The monoisotopic (exact) mass is 411 g/mol. The Morgan fingerprint density at radius 3 is 2.66 bits per heavy atom. The predicted octanol–water partition coefficient (Wildman–Crippen LogP) is 1.45. The average Bonchev–Trinajstić information content (AvgIpc) is 2.66. The third-order valence-electron chi connectivity index (χ3n) is 4.87. The maximum absolute atomic E-state index is 12.1. The van der Waals surface area contributed by atoms with Crippen molar-refractivity contribution in [1.82, 2.24) is 10.2 Å². The van der Waals surface area contributed by atoms with Crippen LogP contribution in [0.1, 0.15) is 31.0 Å². The van der Waals surface area contributed by atoms with Gasteiger partial charge in [0.25, 0.3) is 0 Å². The van der Waals surface area contributed by atoms with E-state index in [0.717, 1.165) is 35.6 Å². The minimum atomic E-state index is -0.102. The van der Waals surface area contributed by atoms with Gasteiger partial charge in [0.05, 0.1) is 18.0 Å². The number of thioether (sulfide) groups is 1. The fraction of sp³-hybridized carbons (Fsp3) is 0.381. The Hall–Kier alpha value is -2.74. The van der Waals surface area contributed by atoms with E-state index in [1.54, 1.807) is 6.07 Å². The second-order valence-corrected chi connectivity index (χ2v) is 8.27. The molecule has 0 radical (unpaired) electrons. The lowest BCUT2D eigenvalue weighted by Crippen LogP contribution is -2.47. The van der Waals surface area contributed by atoms with Crippen molar-refractivity contribution in [3.63, 3.8) is 0 Å². The maximum atomic E-state index is 12.1. The molecule has 7 nitrogen and oxygen atoms in total. The Morgan fingerprint density at radius 2 is 2.00 bits per heavy atom. The number of aliphatic imine (C=N–C) groups is 1. The number of nitrogens with one attached hydrogen (secondary N) is 1. The van der Waals surface area contributed by atoms with Gasteiger partial charge in [-0.15, -0.1) is 5.10 Å². The van der Waals surface area contributed by atoms with Gasteiger partial charge in [-0.2, -0.15) is 5.10 Å². The molecule has 3 rings (SSSR count). The molecule has 2 aromatic rings. The largest absolute Gasteiger partial charge is 0.378 e. The van der Waals surface area contributed by atoms with Crippen LogP contribution in [0.2, 0.25) is 0 Å². The summed E-state index contributed by atoms with van der Waals surface area (Å²) >= 11 is 1.38. The van der Waals surface area contributed by atoms with E-state index in [4.69, 9.17) is 11.1 Å². The number of benzene rings is 1. The van der Waals surface area contributed by atoms with Crippen LogP contribution >= 0.6 is 11.8 Å². The zero-order chi connectivity index (χ0) is 20.6. The van der Waals surface area contributed by atoms with Crippen LogP contribution in [0.25, 0.3) is 0 Å². The van der Waals surface area contributed by atoms with Crippen molar-refractivity contribution in [1.29, 1.82) is 0 Å². The number of carbonyl (C=O) groups is 1. The number of nitrogens with two attached hydrogens (primary N) is 2. The van der Waals surface area contributed by atoms with Crippen molar-refractivity contribution in [3.05, 3.63) is 53.7 Å². The van der Waals surface area contributed by atoms with Crippen molar-refractivity contribution in [2.24, 2.45) is 22.6 Å². The van der Waals surface area contributed by atoms with E-state index in [1.165, 1.54) is 11.8 Å². The van der Waals surface area contributed by atoms with Gasteiger partial charge in [-0.3, -0.25) is 15.2 Å². The predicted molar refractivity (Wildman–Crippen MR) is 117 cm³/mol. The third kappa shape index (κ3) is 6.39. The molecule has 29 heavy (non-hydrogen) atoms. The molecule has 1 aliphatic carbocycles. The molecule has 1 aromatic heterocycles. The topological polar surface area (TPSA) is 119 Å². The molecule has 1 fully saturated rings. The Bertz CT molecular complexity index is 862. The molecule has 0 atom stereocenters. The third-order valence-corrected chi connectivity index (χ3v) is 5.77. The number of nitrogens with zero attached hydrogens (tertiary/aromatic N) is 3. The molecule has 0 unspecified atom stereocenters. The van der Waals surface area contributed by atoms with E-state index < -0.39 is 0 Å². The number of amides is 1. The van der Waals surface area contributed by atoms with Gasteiger partial charge in [0.2, 0.25) is 11.0 Å². The fourth-order valence-corrected chi connectivity index (χ4v) is 4.12. The highest BCUT2D eigenvalue weighted by atomic mass is 32.2. The van der Waals surface area contributed by atoms with Crippen LogP contribution in [0.5, 0.6) is 0 Å². The molecule has 0 bridgehead atoms. The number of carbonyl (C=O) groups excluding carboxylic acids is 1. The highest BCUT2D eigenvalue weighted by Gasteiger charge is 2.36. The highest BCUT2D eigenvalue weighted by Crippen LogP contribution is 2.38. The zero-order valence-corrected chi connectivity index (χ0v) is 17.4. The summed E-state index contributed by atoms with van der Waals surface area (Å²) in [6.45, 7) is 2.62. The quantitative estimate of drug-likeness (QED) is 0.471. The lowest BCUT2D eigenvalue weighted by molar-refractivity contribution is -0.118. The van der Waals surface area contributed by atoms with E-state index in [1.807, 2.05) is 43.3 Å². The molecule has 1 aromatic carbocycles. The molecule has 152 valence electrons. The van der Waals surface area contributed by atoms with Crippen molar-refractivity contribution in [2.75, 3.05) is 11.9 Å². The molecule has 1 saturated carbocycles. The first kappa shape index (κ1) is 21.0. The van der Waals surface area contributed by atoms with Crippen LogP contribution in [-0.4, -0.2) is 32.9 Å². The van der Waals surface area contributed by atoms with Crippen LogP contribution in [0, 0.1) is 11.8 Å². The van der Waals surface area contributed by atoms with E-state index in [0.29, 0.717) is 35.8 Å². The Balaban J connectivity index is 1.42. The summed E-state index contributed by atoms with van der Waals surface area (Å²) in [5.41, 5.74) is 7.70. The van der Waals surface area contributed by atoms with Gasteiger partial charge < -0.3 is 11.1 Å². The second kappa shape index (κ2) is 10.2. The van der Waals surface area contributed by atoms with E-state index in [9.17, 15) is 4.79 Å². The molecule has 0 spiro atoms. The number of aromatic nitrogens is 2. The molecule has 1 amide bonds. The van der Waals surface area contributed by atoms with Crippen molar-refractivity contribution in [2.45, 2.75) is 32.6 Å². The smallest absolute Gasteiger partial charge is 0.229 e. The maximum Gasteiger partial charge on any atom is 0.229 e. The molecule has 1 heterocycles. The standard InChI is InChI=1S/C21H26N6OS/c1-2-24-21(23)29-20(22)16-10-15(11-16)12-17-8-9-18(27-26-17)25-19(28)13-14-6-4-3-5-7-14/h3-9,15-16,22H,2,10-13H2,1H3,(H2,23,24)(H,25,27,28)/p+1. The first-order valence-corrected chi connectivity index (χ1v) is 10.6. The van der Waals surface area contributed by atoms with E-state index in [2.05, 4.69) is 20.5 Å². The van der Waals surface area contributed by atoms with Gasteiger partial charge in [0.1, 0.15) is 0 Å². The van der Waals surface area contributed by atoms with Crippen LogP contribution in [-0.2, 0) is 17.6 Å². The summed E-state index contributed by atoms with van der Waals surface area (Å²) in [5.74, 6) is 1.28. The Kier molecular flexibility index (Phi) is 7.35. The first-order valence-electron chi connectivity index (χ1n) is 9.80.